The maximum Gasteiger partial charge on any atom is 0.256 e. The number of carbonyl (C=O) groups is 1. The lowest BCUT2D eigenvalue weighted by Crippen LogP contribution is -2.39. The highest BCUT2D eigenvalue weighted by Crippen LogP contribution is 2.25. The summed E-state index contributed by atoms with van der Waals surface area (Å²) in [5.41, 5.74) is 1.09. The van der Waals surface area contributed by atoms with Crippen LogP contribution in [0.25, 0.3) is 0 Å². The summed E-state index contributed by atoms with van der Waals surface area (Å²) in [4.78, 5) is 14.1. The molecule has 3 rings (SSSR count). The molecule has 0 N–H and O–H groups in total. The number of likely N-dealkylation sites (tertiary alicyclic amines) is 1. The largest absolute Gasteiger partial charge is 0.497 e. The summed E-state index contributed by atoms with van der Waals surface area (Å²) >= 11 is 0. The van der Waals surface area contributed by atoms with Gasteiger partial charge in [-0.1, -0.05) is 12.1 Å². The van der Waals surface area contributed by atoms with E-state index in [0.717, 1.165) is 49.6 Å². The zero-order chi connectivity index (χ0) is 18.5. The van der Waals surface area contributed by atoms with Crippen LogP contribution in [-0.2, 0) is 6.42 Å². The smallest absolute Gasteiger partial charge is 0.256 e. The number of aryl methyl sites for hydroxylation is 1. The number of amides is 1. The molecule has 5 heteroatoms. The van der Waals surface area contributed by atoms with Gasteiger partial charge in [0, 0.05) is 13.1 Å². The summed E-state index contributed by atoms with van der Waals surface area (Å²) in [7, 11) is 1.65. The summed E-state index contributed by atoms with van der Waals surface area (Å²) < 4.78 is 32.3. The van der Waals surface area contributed by atoms with Gasteiger partial charge in [0.25, 0.3) is 5.91 Å². The summed E-state index contributed by atoms with van der Waals surface area (Å²) in [5, 5.41) is 0. The predicted octanol–water partition coefficient (Wildman–Crippen LogP) is 4.46. The Balaban J connectivity index is 1.50. The second-order valence-corrected chi connectivity index (χ2v) is 6.75. The molecular formula is C21H23F2NO2. The van der Waals surface area contributed by atoms with E-state index < -0.39 is 17.5 Å². The van der Waals surface area contributed by atoms with Crippen LogP contribution in [0.15, 0.2) is 42.5 Å². The fourth-order valence-electron chi connectivity index (χ4n) is 3.42. The number of ether oxygens (including phenoxy) is 1. The first-order valence-corrected chi connectivity index (χ1v) is 8.94. The molecule has 138 valence electrons. The maximum atomic E-state index is 13.8. The average Bonchev–Trinajstić information content (AvgIpc) is 2.68. The SMILES string of the molecule is COc1ccc(CCC2CCN(C(=O)c3cc(F)ccc3F)CC2)cc1. The van der Waals surface area contributed by atoms with Gasteiger partial charge in [-0.3, -0.25) is 4.79 Å². The van der Waals surface area contributed by atoms with Gasteiger partial charge in [-0.2, -0.15) is 0 Å². The lowest BCUT2D eigenvalue weighted by Gasteiger charge is -2.32. The van der Waals surface area contributed by atoms with E-state index in [9.17, 15) is 13.6 Å². The van der Waals surface area contributed by atoms with Crippen molar-refractivity contribution in [2.45, 2.75) is 25.7 Å². The highest BCUT2D eigenvalue weighted by molar-refractivity contribution is 5.94. The molecule has 0 bridgehead atoms. The van der Waals surface area contributed by atoms with Gasteiger partial charge < -0.3 is 9.64 Å². The van der Waals surface area contributed by atoms with Crippen molar-refractivity contribution >= 4 is 5.91 Å². The fourth-order valence-corrected chi connectivity index (χ4v) is 3.42. The molecule has 0 spiro atoms. The van der Waals surface area contributed by atoms with Gasteiger partial charge in [0.05, 0.1) is 12.7 Å². The number of methoxy groups -OCH3 is 1. The normalized spacial score (nSPS) is 15.1. The zero-order valence-electron chi connectivity index (χ0n) is 14.9. The molecule has 2 aromatic rings. The Morgan fingerprint density at radius 1 is 1.12 bits per heavy atom. The van der Waals surface area contributed by atoms with Crippen LogP contribution in [0.4, 0.5) is 8.78 Å². The van der Waals surface area contributed by atoms with Crippen molar-refractivity contribution in [1.29, 1.82) is 0 Å². The standard InChI is InChI=1S/C21H23F2NO2/c1-26-18-7-4-15(5-8-18)2-3-16-10-12-24(13-11-16)21(25)19-14-17(22)6-9-20(19)23/h4-9,14,16H,2-3,10-13H2,1H3. The molecule has 0 radical (unpaired) electrons. The van der Waals surface area contributed by atoms with E-state index in [1.807, 2.05) is 12.1 Å². The second-order valence-electron chi connectivity index (χ2n) is 6.75. The van der Waals surface area contributed by atoms with Gasteiger partial charge in [0.2, 0.25) is 0 Å². The van der Waals surface area contributed by atoms with Gasteiger partial charge in [0.15, 0.2) is 0 Å². The van der Waals surface area contributed by atoms with Crippen molar-refractivity contribution in [3.8, 4) is 5.75 Å². The van der Waals surface area contributed by atoms with Crippen molar-refractivity contribution < 1.29 is 18.3 Å². The lowest BCUT2D eigenvalue weighted by molar-refractivity contribution is 0.0681. The third kappa shape index (κ3) is 4.40. The molecule has 1 saturated heterocycles. The number of hydrogen-bond donors (Lipinski definition) is 0. The predicted molar refractivity (Wildman–Crippen MR) is 96.3 cm³/mol. The Kier molecular flexibility index (Phi) is 5.86. The Morgan fingerprint density at radius 2 is 1.81 bits per heavy atom. The lowest BCUT2D eigenvalue weighted by atomic mass is 9.90. The van der Waals surface area contributed by atoms with E-state index in [2.05, 4.69) is 12.1 Å². The first kappa shape index (κ1) is 18.4. The Hall–Kier alpha value is -2.43. The summed E-state index contributed by atoms with van der Waals surface area (Å²) in [6, 6.07) is 11.1. The van der Waals surface area contributed by atoms with Crippen LogP contribution in [0.2, 0.25) is 0 Å². The topological polar surface area (TPSA) is 29.5 Å². The number of nitrogens with zero attached hydrogens (tertiary/aromatic N) is 1. The third-order valence-electron chi connectivity index (χ3n) is 5.06. The Labute approximate surface area is 152 Å². The number of carbonyl (C=O) groups excluding carboxylic acids is 1. The minimum atomic E-state index is -0.668. The molecule has 3 nitrogen and oxygen atoms in total. The first-order chi connectivity index (χ1) is 12.6. The molecule has 0 aliphatic carbocycles. The minimum Gasteiger partial charge on any atom is -0.497 e. The van der Waals surface area contributed by atoms with Gasteiger partial charge in [-0.15, -0.1) is 0 Å². The maximum absolute atomic E-state index is 13.8. The van der Waals surface area contributed by atoms with E-state index in [1.54, 1.807) is 12.0 Å². The van der Waals surface area contributed by atoms with Crippen molar-refractivity contribution in [3.63, 3.8) is 0 Å². The van der Waals surface area contributed by atoms with E-state index in [4.69, 9.17) is 4.74 Å². The van der Waals surface area contributed by atoms with E-state index in [-0.39, 0.29) is 5.56 Å². The van der Waals surface area contributed by atoms with E-state index in [0.29, 0.717) is 19.0 Å². The number of halogens is 2. The molecule has 1 heterocycles. The van der Waals surface area contributed by atoms with Crippen molar-refractivity contribution in [3.05, 3.63) is 65.2 Å². The molecule has 26 heavy (non-hydrogen) atoms. The van der Waals surface area contributed by atoms with Crippen LogP contribution in [-0.4, -0.2) is 31.0 Å². The Bertz CT molecular complexity index is 753. The first-order valence-electron chi connectivity index (χ1n) is 8.94. The molecule has 2 aromatic carbocycles. The fraction of sp³-hybridized carbons (Fsp3) is 0.381. The molecule has 1 fully saturated rings. The molecule has 0 atom stereocenters. The zero-order valence-corrected chi connectivity index (χ0v) is 14.9. The van der Waals surface area contributed by atoms with Crippen LogP contribution in [0.3, 0.4) is 0 Å². The number of hydrogen-bond acceptors (Lipinski definition) is 2. The average molecular weight is 359 g/mol. The molecular weight excluding hydrogens is 336 g/mol. The highest BCUT2D eigenvalue weighted by atomic mass is 19.1. The van der Waals surface area contributed by atoms with Crippen molar-refractivity contribution in [2.24, 2.45) is 5.92 Å². The highest BCUT2D eigenvalue weighted by Gasteiger charge is 2.25. The van der Waals surface area contributed by atoms with Gasteiger partial charge in [-0.25, -0.2) is 8.78 Å². The third-order valence-corrected chi connectivity index (χ3v) is 5.06. The number of rotatable bonds is 5. The quantitative estimate of drug-likeness (QED) is 0.789. The molecule has 0 aromatic heterocycles. The van der Waals surface area contributed by atoms with Gasteiger partial charge in [0.1, 0.15) is 17.4 Å². The van der Waals surface area contributed by atoms with Crippen LogP contribution in [0.5, 0.6) is 5.75 Å². The number of piperidine rings is 1. The second kappa shape index (κ2) is 8.30. The molecule has 1 aliphatic rings. The van der Waals surface area contributed by atoms with Crippen LogP contribution >= 0.6 is 0 Å². The summed E-state index contributed by atoms with van der Waals surface area (Å²) in [6.07, 6.45) is 3.82. The van der Waals surface area contributed by atoms with Crippen molar-refractivity contribution in [2.75, 3.05) is 20.2 Å². The van der Waals surface area contributed by atoms with Crippen LogP contribution in [0.1, 0.15) is 35.2 Å². The molecule has 0 unspecified atom stereocenters. The Morgan fingerprint density at radius 3 is 2.46 bits per heavy atom. The van der Waals surface area contributed by atoms with Crippen molar-refractivity contribution in [1.82, 2.24) is 4.90 Å². The molecule has 1 amide bonds. The van der Waals surface area contributed by atoms with E-state index >= 15 is 0 Å². The van der Waals surface area contributed by atoms with Crippen LogP contribution < -0.4 is 4.74 Å². The molecule has 0 saturated carbocycles. The molecule has 1 aliphatic heterocycles. The number of benzene rings is 2. The van der Waals surface area contributed by atoms with Gasteiger partial charge in [-0.05, 0) is 67.5 Å². The minimum absolute atomic E-state index is 0.179. The van der Waals surface area contributed by atoms with E-state index in [1.165, 1.54) is 5.56 Å². The summed E-state index contributed by atoms with van der Waals surface area (Å²) in [5.74, 6) is -0.290. The monoisotopic (exact) mass is 359 g/mol. The summed E-state index contributed by atoms with van der Waals surface area (Å²) in [6.45, 7) is 1.17. The van der Waals surface area contributed by atoms with Gasteiger partial charge >= 0.3 is 0 Å². The van der Waals surface area contributed by atoms with Crippen LogP contribution in [0, 0.1) is 17.6 Å².